The van der Waals surface area contributed by atoms with Crippen LogP contribution in [-0.4, -0.2) is 23.5 Å². The van der Waals surface area contributed by atoms with Crippen LogP contribution in [0.5, 0.6) is 0 Å². The summed E-state index contributed by atoms with van der Waals surface area (Å²) in [5, 5.41) is 11.5. The Kier molecular flexibility index (Phi) is 3.72. The van der Waals surface area contributed by atoms with E-state index in [1.807, 2.05) is 0 Å². The van der Waals surface area contributed by atoms with Crippen molar-refractivity contribution in [3.05, 3.63) is 0 Å². The summed E-state index contributed by atoms with van der Waals surface area (Å²) in [5.41, 5.74) is 0. The standard InChI is InChI=1S/C11H19NO3/c1-6(2)7(3)5-12-10(13)8-4-9(8)11(14)15/h6-9H,4-5H2,1-3H3,(H,12,13)(H,14,15). The van der Waals surface area contributed by atoms with Crippen LogP contribution in [0.25, 0.3) is 0 Å². The maximum atomic E-state index is 11.5. The molecule has 0 heterocycles. The molecule has 1 saturated carbocycles. The largest absolute Gasteiger partial charge is 0.481 e. The van der Waals surface area contributed by atoms with Gasteiger partial charge in [-0.15, -0.1) is 0 Å². The van der Waals surface area contributed by atoms with Crippen molar-refractivity contribution in [1.29, 1.82) is 0 Å². The maximum absolute atomic E-state index is 11.5. The molecule has 0 aliphatic heterocycles. The van der Waals surface area contributed by atoms with Crippen molar-refractivity contribution >= 4 is 11.9 Å². The minimum absolute atomic E-state index is 0.102. The predicted molar refractivity (Wildman–Crippen MR) is 56.2 cm³/mol. The Hall–Kier alpha value is -1.06. The summed E-state index contributed by atoms with van der Waals surface area (Å²) in [4.78, 5) is 22.0. The lowest BCUT2D eigenvalue weighted by Gasteiger charge is -2.15. The predicted octanol–water partition coefficient (Wildman–Crippen LogP) is 1.12. The highest BCUT2D eigenvalue weighted by atomic mass is 16.4. The van der Waals surface area contributed by atoms with Crippen LogP contribution < -0.4 is 5.32 Å². The molecule has 1 aliphatic rings. The minimum Gasteiger partial charge on any atom is -0.481 e. The van der Waals surface area contributed by atoms with E-state index in [4.69, 9.17) is 5.11 Å². The van der Waals surface area contributed by atoms with Gasteiger partial charge in [-0.3, -0.25) is 9.59 Å². The zero-order valence-corrected chi connectivity index (χ0v) is 9.49. The van der Waals surface area contributed by atoms with Crippen molar-refractivity contribution in [3.8, 4) is 0 Å². The lowest BCUT2D eigenvalue weighted by Crippen LogP contribution is -2.32. The summed E-state index contributed by atoms with van der Waals surface area (Å²) in [6.45, 7) is 6.92. The van der Waals surface area contributed by atoms with Gasteiger partial charge >= 0.3 is 5.97 Å². The SMILES string of the molecule is CC(C)C(C)CNC(=O)C1CC1C(=O)O. The monoisotopic (exact) mass is 213 g/mol. The van der Waals surface area contributed by atoms with E-state index in [0.717, 1.165) is 0 Å². The highest BCUT2D eigenvalue weighted by Crippen LogP contribution is 2.38. The molecule has 4 heteroatoms. The molecule has 86 valence electrons. The Morgan fingerprint density at radius 1 is 1.33 bits per heavy atom. The van der Waals surface area contributed by atoms with E-state index in [1.165, 1.54) is 0 Å². The smallest absolute Gasteiger partial charge is 0.307 e. The number of carboxylic acids is 1. The van der Waals surface area contributed by atoms with Crippen LogP contribution in [0.3, 0.4) is 0 Å². The highest BCUT2D eigenvalue weighted by Gasteiger charge is 2.48. The molecule has 0 saturated heterocycles. The Labute approximate surface area is 90.0 Å². The number of nitrogens with one attached hydrogen (secondary N) is 1. The molecule has 0 aromatic heterocycles. The second kappa shape index (κ2) is 4.64. The topological polar surface area (TPSA) is 66.4 Å². The number of carbonyl (C=O) groups excluding carboxylic acids is 1. The Balaban J connectivity index is 2.24. The highest BCUT2D eigenvalue weighted by molar-refractivity contribution is 5.89. The third kappa shape index (κ3) is 3.22. The molecule has 1 fully saturated rings. The fraction of sp³-hybridized carbons (Fsp3) is 0.818. The van der Waals surface area contributed by atoms with E-state index in [1.54, 1.807) is 0 Å². The molecule has 0 bridgehead atoms. The van der Waals surface area contributed by atoms with Gasteiger partial charge in [0, 0.05) is 6.54 Å². The van der Waals surface area contributed by atoms with Crippen molar-refractivity contribution < 1.29 is 14.7 Å². The fourth-order valence-electron chi connectivity index (χ4n) is 1.39. The van der Waals surface area contributed by atoms with Crippen molar-refractivity contribution in [2.75, 3.05) is 6.54 Å². The van der Waals surface area contributed by atoms with Gasteiger partial charge in [0.25, 0.3) is 0 Å². The average Bonchev–Trinajstić information content (AvgIpc) is 2.92. The first-order valence-corrected chi connectivity index (χ1v) is 5.44. The average molecular weight is 213 g/mol. The zero-order valence-electron chi connectivity index (χ0n) is 9.49. The molecule has 2 N–H and O–H groups in total. The van der Waals surface area contributed by atoms with Gasteiger partial charge < -0.3 is 10.4 Å². The van der Waals surface area contributed by atoms with Gasteiger partial charge in [-0.05, 0) is 18.3 Å². The molecule has 1 aliphatic carbocycles. The van der Waals surface area contributed by atoms with Crippen LogP contribution >= 0.6 is 0 Å². The summed E-state index contributed by atoms with van der Waals surface area (Å²) in [5.74, 6) is -0.737. The Morgan fingerprint density at radius 2 is 1.93 bits per heavy atom. The number of rotatable bonds is 5. The summed E-state index contributed by atoms with van der Waals surface area (Å²) in [7, 11) is 0. The second-order valence-corrected chi connectivity index (χ2v) is 4.75. The van der Waals surface area contributed by atoms with Gasteiger partial charge in [0.05, 0.1) is 11.8 Å². The van der Waals surface area contributed by atoms with Crippen molar-refractivity contribution in [2.24, 2.45) is 23.7 Å². The van der Waals surface area contributed by atoms with Gasteiger partial charge in [-0.25, -0.2) is 0 Å². The van der Waals surface area contributed by atoms with Crippen LogP contribution in [0.1, 0.15) is 27.2 Å². The molecule has 1 amide bonds. The van der Waals surface area contributed by atoms with E-state index in [0.29, 0.717) is 24.8 Å². The number of hydrogen-bond acceptors (Lipinski definition) is 2. The number of amides is 1. The van der Waals surface area contributed by atoms with Crippen LogP contribution in [-0.2, 0) is 9.59 Å². The van der Waals surface area contributed by atoms with E-state index in [9.17, 15) is 9.59 Å². The van der Waals surface area contributed by atoms with E-state index < -0.39 is 11.9 Å². The quantitative estimate of drug-likeness (QED) is 0.719. The molecule has 0 aromatic carbocycles. The molecule has 3 unspecified atom stereocenters. The lowest BCUT2D eigenvalue weighted by molar-refractivity contribution is -0.140. The van der Waals surface area contributed by atoms with E-state index in [2.05, 4.69) is 26.1 Å². The molecule has 0 radical (unpaired) electrons. The van der Waals surface area contributed by atoms with Gasteiger partial charge in [-0.1, -0.05) is 20.8 Å². The third-order valence-electron chi connectivity index (χ3n) is 3.18. The maximum Gasteiger partial charge on any atom is 0.307 e. The number of carbonyl (C=O) groups is 2. The molecular weight excluding hydrogens is 194 g/mol. The molecule has 15 heavy (non-hydrogen) atoms. The van der Waals surface area contributed by atoms with Crippen LogP contribution in [0, 0.1) is 23.7 Å². The fourth-order valence-corrected chi connectivity index (χ4v) is 1.39. The first-order chi connectivity index (χ1) is 6.93. The van der Waals surface area contributed by atoms with Gasteiger partial charge in [-0.2, -0.15) is 0 Å². The van der Waals surface area contributed by atoms with Crippen molar-refractivity contribution in [2.45, 2.75) is 27.2 Å². The molecule has 0 aromatic rings. The minimum atomic E-state index is -0.855. The van der Waals surface area contributed by atoms with Gasteiger partial charge in [0.15, 0.2) is 0 Å². The molecule has 1 rings (SSSR count). The van der Waals surface area contributed by atoms with E-state index in [-0.39, 0.29) is 11.8 Å². The Bertz CT molecular complexity index is 263. The number of aliphatic carboxylic acids is 1. The second-order valence-electron chi connectivity index (χ2n) is 4.75. The Morgan fingerprint density at radius 3 is 2.33 bits per heavy atom. The normalized spacial score (nSPS) is 26.1. The number of carboxylic acid groups (broad SMARTS) is 1. The van der Waals surface area contributed by atoms with Crippen LogP contribution in [0.15, 0.2) is 0 Å². The lowest BCUT2D eigenvalue weighted by atomic mass is 9.98. The summed E-state index contributed by atoms with van der Waals surface area (Å²) < 4.78 is 0. The molecule has 3 atom stereocenters. The summed E-state index contributed by atoms with van der Waals surface area (Å²) in [6.07, 6.45) is 0.497. The summed E-state index contributed by atoms with van der Waals surface area (Å²) >= 11 is 0. The summed E-state index contributed by atoms with van der Waals surface area (Å²) in [6, 6.07) is 0. The molecule has 4 nitrogen and oxygen atoms in total. The third-order valence-corrected chi connectivity index (χ3v) is 3.18. The first kappa shape index (κ1) is 12.0. The van der Waals surface area contributed by atoms with Gasteiger partial charge in [0.1, 0.15) is 0 Å². The zero-order chi connectivity index (χ0) is 11.6. The van der Waals surface area contributed by atoms with Crippen LogP contribution in [0.2, 0.25) is 0 Å². The molecule has 0 spiro atoms. The van der Waals surface area contributed by atoms with Crippen molar-refractivity contribution in [3.63, 3.8) is 0 Å². The van der Waals surface area contributed by atoms with Gasteiger partial charge in [0.2, 0.25) is 5.91 Å². The number of hydrogen-bond donors (Lipinski definition) is 2. The molecular formula is C11H19NO3. The van der Waals surface area contributed by atoms with E-state index >= 15 is 0 Å². The van der Waals surface area contributed by atoms with Crippen molar-refractivity contribution in [1.82, 2.24) is 5.32 Å². The van der Waals surface area contributed by atoms with Crippen LogP contribution in [0.4, 0.5) is 0 Å². The first-order valence-electron chi connectivity index (χ1n) is 5.44.